The zero-order valence-electron chi connectivity index (χ0n) is 20.7. The molecule has 0 bridgehead atoms. The van der Waals surface area contributed by atoms with Crippen molar-refractivity contribution in [3.63, 3.8) is 0 Å². The number of amides is 2. The van der Waals surface area contributed by atoms with Crippen LogP contribution in [0.5, 0.6) is 0 Å². The lowest BCUT2D eigenvalue weighted by atomic mass is 9.90. The number of carbonyl (C=O) groups is 2. The van der Waals surface area contributed by atoms with Crippen LogP contribution in [0.25, 0.3) is 0 Å². The average molecular weight is 486 g/mol. The summed E-state index contributed by atoms with van der Waals surface area (Å²) in [6.07, 6.45) is 5.29. The Morgan fingerprint density at radius 1 is 1.23 bits per heavy atom. The topological polar surface area (TPSA) is 79.9 Å². The van der Waals surface area contributed by atoms with Crippen LogP contribution in [0.1, 0.15) is 73.9 Å². The Labute approximate surface area is 206 Å². The van der Waals surface area contributed by atoms with E-state index < -0.39 is 6.04 Å². The molecule has 4 heterocycles. The number of nitrogens with one attached hydrogen (secondary N) is 2. The molecule has 0 saturated carbocycles. The number of fused-ring (bicyclic) bond motifs is 1. The standard InChI is InChI=1S/C27H36FN3O4/c1-16-6-9-22(25(32)29-16)31-15-20-19(26(31)33)8-7-17(24(20)28)13-23-21(5-4-11-34-23)30-18-10-12-35-27(2,3)14-18/h7-8,18,21-23,30H,1,4-6,9-15H2,2-3H3,(H,29,32)/t18-,21-,22?,23+/m0/s1. The maximum atomic E-state index is 15.7. The quantitative estimate of drug-likeness (QED) is 0.670. The van der Waals surface area contributed by atoms with Gasteiger partial charge in [-0.3, -0.25) is 9.59 Å². The third-order valence-electron chi connectivity index (χ3n) is 7.85. The molecule has 4 atom stereocenters. The van der Waals surface area contributed by atoms with Crippen LogP contribution in [0, 0.1) is 5.82 Å². The highest BCUT2D eigenvalue weighted by Gasteiger charge is 2.40. The SMILES string of the molecule is C=C1CCC(N2Cc3c(ccc(C[C@H]4OCCC[C@@H]4N[C@H]4CCOC(C)(C)C4)c3F)C2=O)C(=O)N1. The van der Waals surface area contributed by atoms with Gasteiger partial charge in [0.25, 0.3) is 5.91 Å². The lowest BCUT2D eigenvalue weighted by Crippen LogP contribution is -2.53. The van der Waals surface area contributed by atoms with Crippen molar-refractivity contribution >= 4 is 11.8 Å². The van der Waals surface area contributed by atoms with E-state index in [9.17, 15) is 9.59 Å². The highest BCUT2D eigenvalue weighted by molar-refractivity contribution is 6.01. The Kier molecular flexibility index (Phi) is 6.72. The van der Waals surface area contributed by atoms with Gasteiger partial charge < -0.3 is 25.0 Å². The monoisotopic (exact) mass is 485 g/mol. The number of hydrogen-bond donors (Lipinski definition) is 2. The van der Waals surface area contributed by atoms with Crippen molar-refractivity contribution in [2.75, 3.05) is 13.2 Å². The fourth-order valence-electron chi connectivity index (χ4n) is 6.02. The number of piperidine rings is 1. The predicted molar refractivity (Wildman–Crippen MR) is 129 cm³/mol. The molecule has 2 N–H and O–H groups in total. The molecule has 0 radical (unpaired) electrons. The molecule has 0 aliphatic carbocycles. The highest BCUT2D eigenvalue weighted by atomic mass is 19.1. The van der Waals surface area contributed by atoms with Gasteiger partial charge in [-0.05, 0) is 64.0 Å². The van der Waals surface area contributed by atoms with Gasteiger partial charge in [0.1, 0.15) is 11.9 Å². The number of allylic oxidation sites excluding steroid dienone is 1. The van der Waals surface area contributed by atoms with Gasteiger partial charge in [0.05, 0.1) is 18.2 Å². The third kappa shape index (κ3) is 5.01. The van der Waals surface area contributed by atoms with Gasteiger partial charge in [-0.1, -0.05) is 12.6 Å². The van der Waals surface area contributed by atoms with E-state index in [1.807, 2.05) is 0 Å². The van der Waals surface area contributed by atoms with E-state index in [2.05, 4.69) is 31.1 Å². The largest absolute Gasteiger partial charge is 0.376 e. The summed E-state index contributed by atoms with van der Waals surface area (Å²) in [5.74, 6) is -0.878. The molecule has 7 nitrogen and oxygen atoms in total. The number of nitrogens with zero attached hydrogens (tertiary/aromatic N) is 1. The Bertz CT molecular complexity index is 1030. The van der Waals surface area contributed by atoms with Gasteiger partial charge in [0.2, 0.25) is 5.91 Å². The summed E-state index contributed by atoms with van der Waals surface area (Å²) in [6.45, 7) is 9.55. The number of halogens is 1. The number of carbonyl (C=O) groups excluding carboxylic acids is 2. The number of ether oxygens (including phenoxy) is 2. The Hall–Kier alpha value is -2.29. The molecule has 4 aliphatic heterocycles. The third-order valence-corrected chi connectivity index (χ3v) is 7.85. The summed E-state index contributed by atoms with van der Waals surface area (Å²) in [7, 11) is 0. The number of hydrogen-bond acceptors (Lipinski definition) is 5. The summed E-state index contributed by atoms with van der Waals surface area (Å²) >= 11 is 0. The van der Waals surface area contributed by atoms with Crippen molar-refractivity contribution in [1.29, 1.82) is 0 Å². The first-order valence-electron chi connectivity index (χ1n) is 12.8. The highest BCUT2D eigenvalue weighted by Crippen LogP contribution is 2.33. The molecule has 0 spiro atoms. The van der Waals surface area contributed by atoms with E-state index in [0.717, 1.165) is 32.3 Å². The summed E-state index contributed by atoms with van der Waals surface area (Å²) < 4.78 is 27.7. The molecular formula is C27H36FN3O4. The molecule has 3 saturated heterocycles. The molecule has 4 aliphatic rings. The number of rotatable bonds is 5. The lowest BCUT2D eigenvalue weighted by molar-refractivity contribution is -0.126. The van der Waals surface area contributed by atoms with E-state index in [1.165, 1.54) is 4.90 Å². The number of benzene rings is 1. The van der Waals surface area contributed by atoms with Gasteiger partial charge in [-0.25, -0.2) is 4.39 Å². The van der Waals surface area contributed by atoms with Crippen molar-refractivity contribution in [3.8, 4) is 0 Å². The Morgan fingerprint density at radius 2 is 2.06 bits per heavy atom. The minimum absolute atomic E-state index is 0.114. The Balaban J connectivity index is 1.29. The minimum atomic E-state index is -0.595. The van der Waals surface area contributed by atoms with Gasteiger partial charge in [-0.15, -0.1) is 0 Å². The van der Waals surface area contributed by atoms with E-state index >= 15 is 4.39 Å². The predicted octanol–water partition coefficient (Wildman–Crippen LogP) is 3.21. The first kappa shape index (κ1) is 24.4. The molecular weight excluding hydrogens is 449 g/mol. The van der Waals surface area contributed by atoms with Crippen LogP contribution in [0.2, 0.25) is 0 Å². The summed E-state index contributed by atoms with van der Waals surface area (Å²) in [5, 5.41) is 6.50. The summed E-state index contributed by atoms with van der Waals surface area (Å²) in [4.78, 5) is 27.0. The van der Waals surface area contributed by atoms with Gasteiger partial charge >= 0.3 is 0 Å². The maximum absolute atomic E-state index is 15.7. The molecule has 1 aromatic rings. The van der Waals surface area contributed by atoms with E-state index in [-0.39, 0.29) is 41.9 Å². The molecule has 2 amide bonds. The van der Waals surface area contributed by atoms with Gasteiger partial charge in [0, 0.05) is 48.5 Å². The molecule has 190 valence electrons. The minimum Gasteiger partial charge on any atom is -0.376 e. The first-order chi connectivity index (χ1) is 16.7. The average Bonchev–Trinajstić information content (AvgIpc) is 3.13. The molecule has 1 unspecified atom stereocenters. The summed E-state index contributed by atoms with van der Waals surface area (Å²) in [6, 6.07) is 3.32. The first-order valence-corrected chi connectivity index (χ1v) is 12.8. The fraction of sp³-hybridized carbons (Fsp3) is 0.630. The second-order valence-corrected chi connectivity index (χ2v) is 11.0. The molecule has 3 fully saturated rings. The van der Waals surface area contributed by atoms with Crippen LogP contribution >= 0.6 is 0 Å². The molecule has 0 aromatic heterocycles. The zero-order valence-corrected chi connectivity index (χ0v) is 20.7. The normalized spacial score (nSPS) is 30.8. The smallest absolute Gasteiger partial charge is 0.255 e. The van der Waals surface area contributed by atoms with Crippen molar-refractivity contribution in [2.45, 2.75) is 95.2 Å². The zero-order chi connectivity index (χ0) is 24.7. The molecule has 1 aromatic carbocycles. The van der Waals surface area contributed by atoms with Crippen LogP contribution in [-0.4, -0.2) is 59.8 Å². The molecule has 5 rings (SSSR count). The second-order valence-electron chi connectivity index (χ2n) is 11.0. The van der Waals surface area contributed by atoms with Crippen LogP contribution in [0.3, 0.4) is 0 Å². The lowest BCUT2D eigenvalue weighted by Gasteiger charge is -2.40. The molecule has 8 heteroatoms. The molecule has 35 heavy (non-hydrogen) atoms. The van der Waals surface area contributed by atoms with Crippen molar-refractivity contribution in [1.82, 2.24) is 15.5 Å². The van der Waals surface area contributed by atoms with Crippen LogP contribution in [-0.2, 0) is 27.2 Å². The van der Waals surface area contributed by atoms with Crippen LogP contribution in [0.15, 0.2) is 24.4 Å². The second kappa shape index (κ2) is 9.64. The van der Waals surface area contributed by atoms with Crippen LogP contribution in [0.4, 0.5) is 4.39 Å². The maximum Gasteiger partial charge on any atom is 0.255 e. The van der Waals surface area contributed by atoms with Crippen LogP contribution < -0.4 is 10.6 Å². The van der Waals surface area contributed by atoms with Crippen molar-refractivity contribution < 1.29 is 23.5 Å². The fourth-order valence-corrected chi connectivity index (χ4v) is 6.02. The van der Waals surface area contributed by atoms with E-state index in [4.69, 9.17) is 9.47 Å². The van der Waals surface area contributed by atoms with Gasteiger partial charge in [0.15, 0.2) is 0 Å². The van der Waals surface area contributed by atoms with Crippen molar-refractivity contribution in [2.24, 2.45) is 0 Å². The van der Waals surface area contributed by atoms with Crippen molar-refractivity contribution in [3.05, 3.63) is 46.9 Å². The van der Waals surface area contributed by atoms with E-state index in [1.54, 1.807) is 12.1 Å². The Morgan fingerprint density at radius 3 is 2.83 bits per heavy atom. The van der Waals surface area contributed by atoms with E-state index in [0.29, 0.717) is 54.3 Å². The summed E-state index contributed by atoms with van der Waals surface area (Å²) in [5.41, 5.74) is 1.81. The van der Waals surface area contributed by atoms with Gasteiger partial charge in [-0.2, -0.15) is 0 Å².